The van der Waals surface area contributed by atoms with Crippen molar-refractivity contribution in [3.8, 4) is 5.69 Å². The maximum Gasteiger partial charge on any atom is 0.282 e. The largest absolute Gasteiger partial charge is 0.336 e. The third-order valence-corrected chi connectivity index (χ3v) is 7.87. The van der Waals surface area contributed by atoms with Crippen molar-refractivity contribution in [3.05, 3.63) is 47.8 Å². The predicted molar refractivity (Wildman–Crippen MR) is 114 cm³/mol. The first-order chi connectivity index (χ1) is 14.4. The van der Waals surface area contributed by atoms with E-state index in [1.54, 1.807) is 27.5 Å². The maximum atomic E-state index is 12.9. The standard InChI is InChI=1S/C20H28N6O3S/c1-17-7-8-21-26(17)19-5-3-18(4-6-19)20(27)23-11-15-25(16-12-23)30(28,29)24-13-9-22(2)10-14-24/h3-8H,9-16H2,1-2H3. The van der Waals surface area contributed by atoms with E-state index < -0.39 is 10.2 Å². The summed E-state index contributed by atoms with van der Waals surface area (Å²) >= 11 is 0. The van der Waals surface area contributed by atoms with Crippen LogP contribution in [0.5, 0.6) is 0 Å². The minimum Gasteiger partial charge on any atom is -0.336 e. The van der Waals surface area contributed by atoms with Gasteiger partial charge in [-0.3, -0.25) is 4.79 Å². The van der Waals surface area contributed by atoms with Crippen LogP contribution in [0.3, 0.4) is 0 Å². The molecule has 0 atom stereocenters. The Morgan fingerprint density at radius 1 is 0.867 bits per heavy atom. The molecule has 2 aliphatic heterocycles. The van der Waals surface area contributed by atoms with Gasteiger partial charge < -0.3 is 9.80 Å². The highest BCUT2D eigenvalue weighted by Gasteiger charge is 2.34. The molecule has 0 aliphatic carbocycles. The van der Waals surface area contributed by atoms with Crippen molar-refractivity contribution in [3.63, 3.8) is 0 Å². The van der Waals surface area contributed by atoms with E-state index in [9.17, 15) is 13.2 Å². The van der Waals surface area contributed by atoms with E-state index in [1.807, 2.05) is 36.9 Å². The molecule has 10 heteroatoms. The van der Waals surface area contributed by atoms with E-state index in [2.05, 4.69) is 10.00 Å². The Kier molecular flexibility index (Phi) is 5.92. The Morgan fingerprint density at radius 2 is 1.43 bits per heavy atom. The van der Waals surface area contributed by atoms with Gasteiger partial charge in [-0.05, 0) is 44.3 Å². The molecule has 0 N–H and O–H groups in total. The smallest absolute Gasteiger partial charge is 0.282 e. The van der Waals surface area contributed by atoms with E-state index in [0.29, 0.717) is 44.8 Å². The van der Waals surface area contributed by atoms with Crippen LogP contribution in [0.4, 0.5) is 0 Å². The van der Waals surface area contributed by atoms with Gasteiger partial charge in [0, 0.05) is 69.8 Å². The maximum absolute atomic E-state index is 12.9. The van der Waals surface area contributed by atoms with Crippen molar-refractivity contribution in [1.82, 2.24) is 28.2 Å². The second kappa shape index (κ2) is 8.46. The van der Waals surface area contributed by atoms with Gasteiger partial charge in [-0.2, -0.15) is 22.1 Å². The lowest BCUT2D eigenvalue weighted by molar-refractivity contribution is 0.0692. The van der Waals surface area contributed by atoms with Crippen molar-refractivity contribution < 1.29 is 13.2 Å². The van der Waals surface area contributed by atoms with Crippen LogP contribution in [0, 0.1) is 6.92 Å². The summed E-state index contributed by atoms with van der Waals surface area (Å²) in [4.78, 5) is 16.7. The summed E-state index contributed by atoms with van der Waals surface area (Å²) in [6.07, 6.45) is 1.74. The molecule has 2 saturated heterocycles. The third kappa shape index (κ3) is 4.13. The predicted octanol–water partition coefficient (Wildman–Crippen LogP) is 0.431. The van der Waals surface area contributed by atoms with E-state index in [4.69, 9.17) is 0 Å². The van der Waals surface area contributed by atoms with E-state index >= 15 is 0 Å². The van der Waals surface area contributed by atoms with Crippen molar-refractivity contribution in [2.75, 3.05) is 59.4 Å². The fourth-order valence-corrected chi connectivity index (χ4v) is 5.45. The molecule has 30 heavy (non-hydrogen) atoms. The van der Waals surface area contributed by atoms with Gasteiger partial charge in [0.2, 0.25) is 0 Å². The number of piperazine rings is 2. The average Bonchev–Trinajstić information content (AvgIpc) is 3.19. The van der Waals surface area contributed by atoms with Gasteiger partial charge in [0.05, 0.1) is 5.69 Å². The van der Waals surface area contributed by atoms with Gasteiger partial charge in [-0.15, -0.1) is 0 Å². The van der Waals surface area contributed by atoms with Crippen LogP contribution in [0.25, 0.3) is 5.69 Å². The van der Waals surface area contributed by atoms with Crippen molar-refractivity contribution in [2.45, 2.75) is 6.92 Å². The number of carbonyl (C=O) groups excluding carboxylic acids is 1. The van der Waals surface area contributed by atoms with Crippen LogP contribution < -0.4 is 0 Å². The molecule has 0 bridgehead atoms. The summed E-state index contributed by atoms with van der Waals surface area (Å²) in [5, 5.41) is 4.28. The summed E-state index contributed by atoms with van der Waals surface area (Å²) in [5.41, 5.74) is 2.52. The number of hydrogen-bond acceptors (Lipinski definition) is 5. The SMILES string of the molecule is Cc1ccnn1-c1ccc(C(=O)N2CCN(S(=O)(=O)N3CCN(C)CC3)CC2)cc1. The normalized spacial score (nSPS) is 19.9. The van der Waals surface area contributed by atoms with Gasteiger partial charge in [-0.25, -0.2) is 4.68 Å². The first-order valence-corrected chi connectivity index (χ1v) is 11.6. The number of rotatable bonds is 4. The average molecular weight is 433 g/mol. The summed E-state index contributed by atoms with van der Waals surface area (Å²) in [6.45, 7) is 5.92. The highest BCUT2D eigenvalue weighted by Crippen LogP contribution is 2.17. The molecule has 0 radical (unpaired) electrons. The van der Waals surface area contributed by atoms with Crippen LogP contribution in [0.15, 0.2) is 36.5 Å². The number of nitrogens with zero attached hydrogens (tertiary/aromatic N) is 6. The van der Waals surface area contributed by atoms with Crippen LogP contribution in [-0.2, 0) is 10.2 Å². The molecule has 4 rings (SSSR count). The molecule has 1 amide bonds. The molecule has 0 unspecified atom stereocenters. The number of aryl methyl sites for hydroxylation is 1. The molecular formula is C20H28N6O3S. The number of amides is 1. The summed E-state index contributed by atoms with van der Waals surface area (Å²) in [7, 11) is -1.47. The Labute approximate surface area is 177 Å². The molecule has 2 fully saturated rings. The number of aromatic nitrogens is 2. The number of carbonyl (C=O) groups is 1. The van der Waals surface area contributed by atoms with Gasteiger partial charge in [0.25, 0.3) is 16.1 Å². The minimum absolute atomic E-state index is 0.0737. The first kappa shape index (κ1) is 21.0. The number of hydrogen-bond donors (Lipinski definition) is 0. The van der Waals surface area contributed by atoms with E-state index in [0.717, 1.165) is 24.5 Å². The zero-order valence-corrected chi connectivity index (χ0v) is 18.3. The number of likely N-dealkylation sites (N-methyl/N-ethyl adjacent to an activating group) is 1. The summed E-state index contributed by atoms with van der Waals surface area (Å²) in [6, 6.07) is 9.27. The van der Waals surface area contributed by atoms with Crippen LogP contribution >= 0.6 is 0 Å². The lowest BCUT2D eigenvalue weighted by Crippen LogP contribution is -2.57. The summed E-state index contributed by atoms with van der Waals surface area (Å²) < 4.78 is 30.7. The Bertz CT molecular complexity index is 988. The van der Waals surface area contributed by atoms with Gasteiger partial charge in [-0.1, -0.05) is 0 Å². The first-order valence-electron chi connectivity index (χ1n) is 10.2. The van der Waals surface area contributed by atoms with Crippen molar-refractivity contribution in [1.29, 1.82) is 0 Å². The highest BCUT2D eigenvalue weighted by atomic mass is 32.2. The number of benzene rings is 1. The van der Waals surface area contributed by atoms with E-state index in [1.165, 1.54) is 4.31 Å². The molecule has 0 saturated carbocycles. The Hall–Kier alpha value is -2.27. The van der Waals surface area contributed by atoms with Gasteiger partial charge in [0.15, 0.2) is 0 Å². The van der Waals surface area contributed by atoms with Gasteiger partial charge in [0.1, 0.15) is 0 Å². The summed E-state index contributed by atoms with van der Waals surface area (Å²) in [5.74, 6) is -0.0737. The molecule has 3 heterocycles. The minimum atomic E-state index is -3.46. The van der Waals surface area contributed by atoms with Crippen molar-refractivity contribution >= 4 is 16.1 Å². The van der Waals surface area contributed by atoms with Crippen LogP contribution in [0.2, 0.25) is 0 Å². The molecule has 2 aromatic rings. The second-order valence-corrected chi connectivity index (χ2v) is 9.76. The Balaban J connectivity index is 1.37. The molecule has 2 aliphatic rings. The quantitative estimate of drug-likeness (QED) is 0.700. The molecule has 1 aromatic heterocycles. The van der Waals surface area contributed by atoms with Crippen molar-refractivity contribution in [2.24, 2.45) is 0 Å². The van der Waals surface area contributed by atoms with Crippen LogP contribution in [-0.4, -0.2) is 102 Å². The lowest BCUT2D eigenvalue weighted by atomic mass is 10.1. The molecule has 162 valence electrons. The molecule has 9 nitrogen and oxygen atoms in total. The topological polar surface area (TPSA) is 82.0 Å². The monoisotopic (exact) mass is 432 g/mol. The Morgan fingerprint density at radius 3 is 1.97 bits per heavy atom. The lowest BCUT2D eigenvalue weighted by Gasteiger charge is -2.39. The zero-order valence-electron chi connectivity index (χ0n) is 17.4. The molecular weight excluding hydrogens is 404 g/mol. The second-order valence-electron chi connectivity index (χ2n) is 7.83. The van der Waals surface area contributed by atoms with E-state index in [-0.39, 0.29) is 5.91 Å². The third-order valence-electron chi connectivity index (χ3n) is 5.83. The zero-order chi connectivity index (χ0) is 21.3. The fourth-order valence-electron chi connectivity index (χ4n) is 3.87. The van der Waals surface area contributed by atoms with Crippen LogP contribution in [0.1, 0.15) is 16.1 Å². The fraction of sp³-hybridized carbons (Fsp3) is 0.500. The molecule has 0 spiro atoms. The highest BCUT2D eigenvalue weighted by molar-refractivity contribution is 7.86. The van der Waals surface area contributed by atoms with Gasteiger partial charge >= 0.3 is 0 Å². The molecule has 1 aromatic carbocycles.